The van der Waals surface area contributed by atoms with E-state index in [1.54, 1.807) is 36.3 Å². The molecule has 10 heteroatoms. The molecule has 1 amide bonds. The summed E-state index contributed by atoms with van der Waals surface area (Å²) >= 11 is 1.02. The second-order valence-electron chi connectivity index (χ2n) is 6.56. The summed E-state index contributed by atoms with van der Waals surface area (Å²) < 4.78 is 28.0. The number of rotatable bonds is 6. The van der Waals surface area contributed by atoms with Gasteiger partial charge in [-0.3, -0.25) is 9.48 Å². The lowest BCUT2D eigenvalue weighted by atomic mass is 10.1. The third-order valence-electron chi connectivity index (χ3n) is 3.91. The van der Waals surface area contributed by atoms with E-state index < -0.39 is 9.84 Å². The number of nitrogens with one attached hydrogen (secondary N) is 1. The second kappa shape index (κ2) is 7.82. The van der Waals surface area contributed by atoms with Crippen LogP contribution in [0.25, 0.3) is 11.1 Å². The number of aromatic nitrogens is 3. The van der Waals surface area contributed by atoms with Crippen molar-refractivity contribution in [1.29, 1.82) is 0 Å². The van der Waals surface area contributed by atoms with Gasteiger partial charge >= 0.3 is 0 Å². The van der Waals surface area contributed by atoms with Crippen molar-refractivity contribution in [2.75, 3.05) is 0 Å². The molecule has 2 aromatic heterocycles. The van der Waals surface area contributed by atoms with E-state index in [1.165, 1.54) is 12.3 Å². The average Bonchev–Trinajstić information content (AvgIpc) is 3.30. The van der Waals surface area contributed by atoms with Crippen LogP contribution in [-0.2, 0) is 23.4 Å². The van der Waals surface area contributed by atoms with E-state index in [0.29, 0.717) is 16.1 Å². The van der Waals surface area contributed by atoms with Gasteiger partial charge in [0.2, 0.25) is 9.84 Å². The van der Waals surface area contributed by atoms with Gasteiger partial charge in [-0.1, -0.05) is 0 Å². The molecule has 3 rings (SSSR count). The van der Waals surface area contributed by atoms with Crippen LogP contribution in [-0.4, -0.2) is 35.1 Å². The number of benzene rings is 1. The first kappa shape index (κ1) is 20.2. The van der Waals surface area contributed by atoms with Crippen LogP contribution in [0.5, 0.6) is 0 Å². The molecule has 0 bridgehead atoms. The van der Waals surface area contributed by atoms with E-state index in [4.69, 9.17) is 5.73 Å². The molecule has 148 valence electrons. The van der Waals surface area contributed by atoms with Crippen LogP contribution in [0.3, 0.4) is 0 Å². The molecule has 2 heterocycles. The van der Waals surface area contributed by atoms with Crippen molar-refractivity contribution < 1.29 is 13.2 Å². The summed E-state index contributed by atoms with van der Waals surface area (Å²) in [6, 6.07) is 4.50. The number of thiazole rings is 1. The maximum atomic E-state index is 13.1. The van der Waals surface area contributed by atoms with E-state index >= 15 is 0 Å². The first-order valence-corrected chi connectivity index (χ1v) is 10.9. The fourth-order valence-electron chi connectivity index (χ4n) is 2.60. The van der Waals surface area contributed by atoms with Crippen LogP contribution in [0, 0.1) is 0 Å². The van der Waals surface area contributed by atoms with Gasteiger partial charge in [0, 0.05) is 37.0 Å². The highest BCUT2D eigenvalue weighted by Gasteiger charge is 2.24. The van der Waals surface area contributed by atoms with Gasteiger partial charge in [-0.2, -0.15) is 5.10 Å². The van der Waals surface area contributed by atoms with Gasteiger partial charge in [0.15, 0.2) is 0 Å². The zero-order chi connectivity index (χ0) is 20.5. The van der Waals surface area contributed by atoms with Crippen molar-refractivity contribution >= 4 is 27.1 Å². The molecule has 0 saturated carbocycles. The lowest BCUT2D eigenvalue weighted by Gasteiger charge is -2.11. The zero-order valence-corrected chi connectivity index (χ0v) is 17.3. The largest absolute Gasteiger partial charge is 0.350 e. The Morgan fingerprint density at radius 2 is 2.00 bits per heavy atom. The minimum absolute atomic E-state index is 0.0231. The number of carbonyl (C=O) groups excluding carboxylic acids is 1. The van der Waals surface area contributed by atoms with Crippen LogP contribution >= 0.6 is 11.3 Å². The lowest BCUT2D eigenvalue weighted by molar-refractivity contribution is 0.0943. The Morgan fingerprint density at radius 3 is 2.57 bits per heavy atom. The van der Waals surface area contributed by atoms with Gasteiger partial charge < -0.3 is 11.1 Å². The molecule has 28 heavy (non-hydrogen) atoms. The molecule has 1 aromatic carbocycles. The molecule has 3 N–H and O–H groups in total. The van der Waals surface area contributed by atoms with E-state index in [2.05, 4.69) is 15.4 Å². The summed E-state index contributed by atoms with van der Waals surface area (Å²) in [4.78, 5) is 16.6. The lowest BCUT2D eigenvalue weighted by Crippen LogP contribution is -2.30. The monoisotopic (exact) mass is 419 g/mol. The minimum atomic E-state index is -3.84. The first-order valence-electron chi connectivity index (χ1n) is 8.55. The van der Waals surface area contributed by atoms with Crippen LogP contribution < -0.4 is 11.1 Å². The van der Waals surface area contributed by atoms with Gasteiger partial charge in [0.05, 0.1) is 17.3 Å². The fourth-order valence-corrected chi connectivity index (χ4v) is 5.13. The van der Waals surface area contributed by atoms with Crippen LogP contribution in [0.1, 0.15) is 29.2 Å². The number of hydrogen-bond acceptors (Lipinski definition) is 7. The fraction of sp³-hybridized carbons (Fsp3) is 0.278. The second-order valence-corrected chi connectivity index (χ2v) is 9.85. The summed E-state index contributed by atoms with van der Waals surface area (Å²) in [7, 11) is -2.08. The number of aryl methyl sites for hydroxylation is 1. The number of nitrogens with two attached hydrogens (primary N) is 1. The summed E-state index contributed by atoms with van der Waals surface area (Å²) in [5.74, 6) is -0.343. The van der Waals surface area contributed by atoms with Gasteiger partial charge in [-0.25, -0.2) is 13.4 Å². The molecule has 3 aromatic rings. The van der Waals surface area contributed by atoms with Crippen molar-refractivity contribution in [2.24, 2.45) is 12.8 Å². The van der Waals surface area contributed by atoms with E-state index in [0.717, 1.165) is 11.3 Å². The van der Waals surface area contributed by atoms with Crippen LogP contribution in [0.4, 0.5) is 0 Å². The van der Waals surface area contributed by atoms with E-state index in [9.17, 15) is 13.2 Å². The Morgan fingerprint density at radius 1 is 1.25 bits per heavy atom. The molecule has 8 nitrogen and oxygen atoms in total. The average molecular weight is 420 g/mol. The van der Waals surface area contributed by atoms with E-state index in [-0.39, 0.29) is 33.2 Å². The summed E-state index contributed by atoms with van der Waals surface area (Å²) in [6.07, 6.45) is 4.68. The third-order valence-corrected chi connectivity index (χ3v) is 7.12. The highest BCUT2D eigenvalue weighted by atomic mass is 32.2. The molecule has 0 saturated heterocycles. The number of amides is 1. The Balaban J connectivity index is 2.15. The number of hydrogen-bond donors (Lipinski definition) is 2. The molecular weight excluding hydrogens is 398 g/mol. The Bertz CT molecular complexity index is 1120. The minimum Gasteiger partial charge on any atom is -0.350 e. The highest BCUT2D eigenvalue weighted by molar-refractivity contribution is 7.93. The first-order chi connectivity index (χ1) is 13.2. The Hall–Kier alpha value is -2.56. The molecule has 0 aliphatic carbocycles. The van der Waals surface area contributed by atoms with E-state index in [1.807, 2.05) is 13.8 Å². The molecule has 0 aliphatic rings. The Labute approximate surface area is 167 Å². The molecule has 0 atom stereocenters. The third kappa shape index (κ3) is 4.13. The van der Waals surface area contributed by atoms with Crippen LogP contribution in [0.2, 0.25) is 0 Å². The van der Waals surface area contributed by atoms with Crippen molar-refractivity contribution in [1.82, 2.24) is 20.1 Å². The Kier molecular flexibility index (Phi) is 5.64. The molecule has 0 aliphatic heterocycles. The van der Waals surface area contributed by atoms with Gasteiger partial charge in [-0.05, 0) is 37.6 Å². The van der Waals surface area contributed by atoms with Crippen molar-refractivity contribution in [3.63, 3.8) is 0 Å². The smallest absolute Gasteiger partial charge is 0.251 e. The maximum Gasteiger partial charge on any atom is 0.251 e. The summed E-state index contributed by atoms with van der Waals surface area (Å²) in [5.41, 5.74) is 7.11. The van der Waals surface area contributed by atoms with Gasteiger partial charge in [0.25, 0.3) is 5.91 Å². The predicted molar refractivity (Wildman–Crippen MR) is 107 cm³/mol. The number of sulfone groups is 1. The quantitative estimate of drug-likeness (QED) is 0.630. The standard InChI is InChI=1S/C18H21N5O3S2/c1-11(2)22-18(24)13-4-12(14-8-21-23(3)10-14)5-15(6-13)28(25,26)17-9-20-16(7-19)27-17/h4-6,8-11H,7,19H2,1-3H3,(H,22,24). The molecule has 0 unspecified atom stereocenters. The molecule has 0 fully saturated rings. The maximum absolute atomic E-state index is 13.1. The number of carbonyl (C=O) groups is 1. The highest BCUT2D eigenvalue weighted by Crippen LogP contribution is 2.30. The summed E-state index contributed by atoms with van der Waals surface area (Å²) in [6.45, 7) is 3.84. The SMILES string of the molecule is CC(C)NC(=O)c1cc(-c2cnn(C)c2)cc(S(=O)(=O)c2cnc(CN)s2)c1. The van der Waals surface area contributed by atoms with Crippen molar-refractivity contribution in [2.45, 2.75) is 35.5 Å². The predicted octanol–water partition coefficient (Wildman–Crippen LogP) is 1.97. The molecule has 0 radical (unpaired) electrons. The van der Waals surface area contributed by atoms with Crippen molar-refractivity contribution in [3.05, 3.63) is 47.4 Å². The van der Waals surface area contributed by atoms with Crippen molar-refractivity contribution in [3.8, 4) is 11.1 Å². The van der Waals surface area contributed by atoms with Gasteiger partial charge in [0.1, 0.15) is 9.22 Å². The normalized spacial score (nSPS) is 11.8. The van der Waals surface area contributed by atoms with Gasteiger partial charge in [-0.15, -0.1) is 11.3 Å². The van der Waals surface area contributed by atoms with Crippen LogP contribution in [0.15, 0.2) is 45.9 Å². The number of nitrogens with zero attached hydrogens (tertiary/aromatic N) is 3. The summed E-state index contributed by atoms with van der Waals surface area (Å²) in [5, 5.41) is 7.45. The topological polar surface area (TPSA) is 120 Å². The molecule has 0 spiro atoms. The molecular formula is C18H21N5O3S2. The zero-order valence-electron chi connectivity index (χ0n) is 15.7.